The first kappa shape index (κ1) is 22.9. The van der Waals surface area contributed by atoms with Gasteiger partial charge in [0.25, 0.3) is 11.5 Å². The van der Waals surface area contributed by atoms with E-state index in [-0.39, 0.29) is 34.5 Å². The van der Waals surface area contributed by atoms with Gasteiger partial charge in [-0.3, -0.25) is 28.5 Å². The maximum absolute atomic E-state index is 13.6. The molecule has 2 amide bonds. The molecule has 33 heavy (non-hydrogen) atoms. The van der Waals surface area contributed by atoms with Crippen molar-refractivity contribution < 1.29 is 19.1 Å². The molecule has 2 saturated heterocycles. The summed E-state index contributed by atoms with van der Waals surface area (Å²) in [6, 6.07) is 2.61. The number of thioether (sulfide) groups is 1. The maximum atomic E-state index is 13.6. The number of likely N-dealkylation sites (N-methyl/N-ethyl adjacent to an activating group) is 1. The molecule has 2 aromatic rings. The van der Waals surface area contributed by atoms with Gasteiger partial charge in [0.1, 0.15) is 21.8 Å². The summed E-state index contributed by atoms with van der Waals surface area (Å²) in [7, 11) is 2.81. The number of carbonyl (C=O) groups excluding carboxylic acids is 3. The Morgan fingerprint density at radius 3 is 2.79 bits per heavy atom. The maximum Gasteiger partial charge on any atom is 0.308 e. The van der Waals surface area contributed by atoms with Crippen LogP contribution in [0.25, 0.3) is 11.7 Å². The number of methoxy groups -OCH3 is 1. The van der Waals surface area contributed by atoms with Gasteiger partial charge in [-0.15, -0.1) is 0 Å². The average Bonchev–Trinajstić information content (AvgIpc) is 3.03. The minimum atomic E-state index is -0.918. The van der Waals surface area contributed by atoms with Crippen molar-refractivity contribution >= 4 is 63.6 Å². The predicted octanol–water partition coefficient (Wildman–Crippen LogP) is 0.702. The van der Waals surface area contributed by atoms with E-state index in [0.717, 1.165) is 17.3 Å². The van der Waals surface area contributed by atoms with Crippen molar-refractivity contribution in [1.29, 1.82) is 0 Å². The van der Waals surface area contributed by atoms with Crippen LogP contribution in [0.4, 0.5) is 5.82 Å². The summed E-state index contributed by atoms with van der Waals surface area (Å²) in [5.41, 5.74) is 0.967. The molecular weight excluding hydrogens is 466 g/mol. The van der Waals surface area contributed by atoms with Gasteiger partial charge in [0.05, 0.1) is 24.0 Å². The number of rotatable bonds is 4. The molecule has 0 saturated carbocycles. The lowest BCUT2D eigenvalue weighted by Gasteiger charge is -2.36. The van der Waals surface area contributed by atoms with Gasteiger partial charge >= 0.3 is 5.97 Å². The number of carbonyl (C=O) groups is 3. The molecule has 172 valence electrons. The van der Waals surface area contributed by atoms with Gasteiger partial charge in [-0.1, -0.05) is 30.0 Å². The van der Waals surface area contributed by atoms with Gasteiger partial charge in [-0.25, -0.2) is 4.98 Å². The first-order chi connectivity index (χ1) is 15.7. The summed E-state index contributed by atoms with van der Waals surface area (Å²) >= 11 is 6.29. The Bertz CT molecular complexity index is 1290. The van der Waals surface area contributed by atoms with Crippen LogP contribution in [-0.2, 0) is 19.1 Å². The van der Waals surface area contributed by atoms with Gasteiger partial charge in [-0.05, 0) is 24.6 Å². The van der Waals surface area contributed by atoms with E-state index in [9.17, 15) is 19.2 Å². The Morgan fingerprint density at radius 2 is 2.12 bits per heavy atom. The fourth-order valence-electron chi connectivity index (χ4n) is 3.68. The molecule has 0 radical (unpaired) electrons. The normalized spacial score (nSPS) is 20.0. The van der Waals surface area contributed by atoms with Crippen molar-refractivity contribution in [2.24, 2.45) is 0 Å². The number of hydrogen-bond acceptors (Lipinski definition) is 9. The third-order valence-corrected chi connectivity index (χ3v) is 6.92. The van der Waals surface area contributed by atoms with Crippen molar-refractivity contribution in [2.45, 2.75) is 19.4 Å². The molecule has 0 aliphatic carbocycles. The number of amides is 2. The van der Waals surface area contributed by atoms with Crippen LogP contribution < -0.4 is 15.8 Å². The van der Waals surface area contributed by atoms with Crippen LogP contribution in [0.2, 0.25) is 0 Å². The second-order valence-corrected chi connectivity index (χ2v) is 9.29. The fourth-order valence-corrected chi connectivity index (χ4v) is 4.84. The average molecular weight is 488 g/mol. The van der Waals surface area contributed by atoms with Gasteiger partial charge < -0.3 is 15.0 Å². The molecule has 12 heteroatoms. The molecule has 1 atom stereocenters. The molecule has 0 spiro atoms. The van der Waals surface area contributed by atoms with E-state index < -0.39 is 17.6 Å². The molecule has 1 unspecified atom stereocenters. The predicted molar refractivity (Wildman–Crippen MR) is 128 cm³/mol. The fraction of sp³-hybridized carbons (Fsp3) is 0.333. The van der Waals surface area contributed by atoms with E-state index in [1.165, 1.54) is 22.5 Å². The number of esters is 1. The first-order valence-corrected chi connectivity index (χ1v) is 11.3. The van der Waals surface area contributed by atoms with E-state index in [1.807, 2.05) is 13.0 Å². The number of nitrogens with one attached hydrogen (secondary N) is 1. The highest BCUT2D eigenvalue weighted by Gasteiger charge is 2.36. The van der Waals surface area contributed by atoms with Crippen molar-refractivity contribution in [2.75, 3.05) is 32.1 Å². The van der Waals surface area contributed by atoms with Gasteiger partial charge in [0.2, 0.25) is 5.91 Å². The summed E-state index contributed by atoms with van der Waals surface area (Å²) in [4.78, 5) is 58.7. The summed E-state index contributed by atoms with van der Waals surface area (Å²) in [5, 5.41) is 2.73. The largest absolute Gasteiger partial charge is 0.469 e. The van der Waals surface area contributed by atoms with Crippen LogP contribution in [0.1, 0.15) is 17.5 Å². The number of pyridine rings is 1. The zero-order valence-corrected chi connectivity index (χ0v) is 19.8. The number of piperazine rings is 1. The highest BCUT2D eigenvalue weighted by molar-refractivity contribution is 8.26. The molecule has 4 rings (SSSR count). The third kappa shape index (κ3) is 4.23. The van der Waals surface area contributed by atoms with Crippen LogP contribution in [0.3, 0.4) is 0 Å². The molecule has 2 aliphatic heterocycles. The van der Waals surface area contributed by atoms with Crippen molar-refractivity contribution in [1.82, 2.24) is 19.6 Å². The number of thiocarbonyl (C=S) groups is 1. The lowest BCUT2D eigenvalue weighted by molar-refractivity contribution is -0.143. The molecule has 4 heterocycles. The molecule has 1 N–H and O–H groups in total. The number of ether oxygens (including phenoxy) is 1. The Morgan fingerprint density at radius 1 is 1.36 bits per heavy atom. The minimum absolute atomic E-state index is 0.136. The molecule has 2 aromatic heterocycles. The number of aromatic nitrogens is 2. The summed E-state index contributed by atoms with van der Waals surface area (Å²) in [6.07, 6.45) is 2.91. The Labute approximate surface area is 198 Å². The summed E-state index contributed by atoms with van der Waals surface area (Å²) in [6.45, 7) is 2.47. The van der Waals surface area contributed by atoms with Gasteiger partial charge in [-0.2, -0.15) is 0 Å². The number of anilines is 1. The topological polar surface area (TPSA) is 113 Å². The highest BCUT2D eigenvalue weighted by Crippen LogP contribution is 2.33. The Balaban J connectivity index is 1.94. The monoisotopic (exact) mass is 487 g/mol. The van der Waals surface area contributed by atoms with Gasteiger partial charge in [0, 0.05) is 26.3 Å². The zero-order chi connectivity index (χ0) is 23.9. The van der Waals surface area contributed by atoms with E-state index >= 15 is 0 Å². The number of aryl methyl sites for hydroxylation is 1. The SMILES string of the molecule is COC(=O)CC1C(=O)NCCN1c1nc2ccc(C)cn2c(=O)c1C=C1SC(=S)N(C)C1=O. The number of fused-ring (bicyclic) bond motifs is 1. The van der Waals surface area contributed by atoms with E-state index in [4.69, 9.17) is 17.0 Å². The third-order valence-electron chi connectivity index (χ3n) is 5.44. The first-order valence-electron chi connectivity index (χ1n) is 10.1. The second kappa shape index (κ2) is 8.94. The van der Waals surface area contributed by atoms with Crippen molar-refractivity contribution in [3.8, 4) is 0 Å². The standard InChI is InChI=1S/C21H21N5O5S2/c1-11-4-5-15-23-17(25-7-6-22-18(28)13(25)9-16(27)31-3)12(19(29)26(15)10-11)8-14-20(30)24(2)21(32)33-14/h4-5,8,10,13H,6-7,9H2,1-3H3,(H,22,28). The van der Waals surface area contributed by atoms with Crippen molar-refractivity contribution in [3.05, 3.63) is 44.7 Å². The lowest BCUT2D eigenvalue weighted by atomic mass is 10.1. The van der Waals surface area contributed by atoms with Crippen LogP contribution in [0.15, 0.2) is 28.0 Å². The minimum Gasteiger partial charge on any atom is -0.469 e. The summed E-state index contributed by atoms with van der Waals surface area (Å²) in [5.74, 6) is -1.05. The van der Waals surface area contributed by atoms with Gasteiger partial charge in [0.15, 0.2) is 0 Å². The van der Waals surface area contributed by atoms with Crippen molar-refractivity contribution in [3.63, 3.8) is 0 Å². The van der Waals surface area contributed by atoms with Crippen LogP contribution in [-0.4, -0.2) is 69.7 Å². The summed E-state index contributed by atoms with van der Waals surface area (Å²) < 4.78 is 6.53. The van der Waals surface area contributed by atoms with Crippen LogP contribution in [0, 0.1) is 6.92 Å². The lowest BCUT2D eigenvalue weighted by Crippen LogP contribution is -2.57. The van der Waals surface area contributed by atoms with E-state index in [0.29, 0.717) is 23.1 Å². The Kier molecular flexibility index (Phi) is 6.21. The van der Waals surface area contributed by atoms with E-state index in [2.05, 4.69) is 10.3 Å². The van der Waals surface area contributed by atoms with Crippen LogP contribution in [0.5, 0.6) is 0 Å². The molecule has 2 aliphatic rings. The quantitative estimate of drug-likeness (QED) is 0.378. The number of hydrogen-bond donors (Lipinski definition) is 1. The number of nitrogens with zero attached hydrogens (tertiary/aromatic N) is 4. The zero-order valence-electron chi connectivity index (χ0n) is 18.2. The smallest absolute Gasteiger partial charge is 0.308 e. The van der Waals surface area contributed by atoms with E-state index in [1.54, 1.807) is 24.2 Å². The molecule has 2 fully saturated rings. The Hall–Kier alpha value is -3.25. The molecule has 0 aromatic carbocycles. The molecule has 10 nitrogen and oxygen atoms in total. The highest BCUT2D eigenvalue weighted by atomic mass is 32.2. The second-order valence-electron chi connectivity index (χ2n) is 7.61. The van der Waals surface area contributed by atoms with Crippen LogP contribution >= 0.6 is 24.0 Å². The molecule has 0 bridgehead atoms. The molecular formula is C21H21N5O5S2.